The molecule has 3 unspecified atom stereocenters. The van der Waals surface area contributed by atoms with Crippen LogP contribution in [0.15, 0.2) is 0 Å². The number of nitrogens with zero attached hydrogens (tertiary/aromatic N) is 1. The third-order valence-electron chi connectivity index (χ3n) is 5.24. The Balaban J connectivity index is 1.95. The number of rotatable bonds is 5. The molecule has 2 fully saturated rings. The Hall–Kier alpha value is -0.650. The Bertz CT molecular complexity index is 384. The van der Waals surface area contributed by atoms with Crippen molar-refractivity contribution in [3.8, 4) is 0 Å². The van der Waals surface area contributed by atoms with E-state index in [1.165, 1.54) is 0 Å². The summed E-state index contributed by atoms with van der Waals surface area (Å²) in [6.07, 6.45) is 2.64. The van der Waals surface area contributed by atoms with Gasteiger partial charge in [0.05, 0.1) is 18.2 Å². The lowest BCUT2D eigenvalue weighted by Gasteiger charge is -2.41. The molecule has 2 aliphatic rings. The monoisotopic (exact) mass is 325 g/mol. The molecule has 5 heteroatoms. The van der Waals surface area contributed by atoms with Crippen molar-refractivity contribution in [2.24, 2.45) is 11.3 Å². The predicted octanol–water partition coefficient (Wildman–Crippen LogP) is 1.63. The molecule has 0 aliphatic carbocycles. The molecule has 0 radical (unpaired) electrons. The summed E-state index contributed by atoms with van der Waals surface area (Å²) in [7, 11) is 0. The van der Waals surface area contributed by atoms with Crippen LogP contribution in [-0.4, -0.2) is 61.8 Å². The molecular formula is C18H35N3O2. The van der Waals surface area contributed by atoms with Gasteiger partial charge in [0.25, 0.3) is 0 Å². The zero-order chi connectivity index (χ0) is 17.0. The Kier molecular flexibility index (Phi) is 6.46. The standard InChI is InChI=1S/C18H35N3O2/c1-13(2)16(21-10-14(3)23-15(4)11-21)17(22)20-12-18(5)6-8-19-9-7-18/h13-16,19H,6-12H2,1-5H3,(H,20,22). The summed E-state index contributed by atoms with van der Waals surface area (Å²) in [6.45, 7) is 15.3. The highest BCUT2D eigenvalue weighted by atomic mass is 16.5. The molecule has 0 aromatic rings. The van der Waals surface area contributed by atoms with Gasteiger partial charge in [-0.05, 0) is 51.1 Å². The maximum absolute atomic E-state index is 12.9. The number of piperidine rings is 1. The van der Waals surface area contributed by atoms with Crippen LogP contribution in [0.25, 0.3) is 0 Å². The maximum atomic E-state index is 12.9. The van der Waals surface area contributed by atoms with Crippen molar-refractivity contribution in [3.05, 3.63) is 0 Å². The number of carbonyl (C=O) groups excluding carboxylic acids is 1. The second kappa shape index (κ2) is 7.95. The van der Waals surface area contributed by atoms with E-state index < -0.39 is 0 Å². The van der Waals surface area contributed by atoms with Gasteiger partial charge in [0.1, 0.15) is 0 Å². The van der Waals surface area contributed by atoms with Gasteiger partial charge in [-0.1, -0.05) is 20.8 Å². The Labute approximate surface area is 141 Å². The first-order chi connectivity index (χ1) is 10.8. The molecule has 2 heterocycles. The molecule has 0 spiro atoms. The number of hydrogen-bond acceptors (Lipinski definition) is 4. The van der Waals surface area contributed by atoms with Crippen LogP contribution in [0.1, 0.15) is 47.5 Å². The highest BCUT2D eigenvalue weighted by molar-refractivity contribution is 5.82. The number of hydrogen-bond donors (Lipinski definition) is 2. The summed E-state index contributed by atoms with van der Waals surface area (Å²) in [4.78, 5) is 15.2. The fourth-order valence-electron chi connectivity index (χ4n) is 3.95. The van der Waals surface area contributed by atoms with Crippen LogP contribution in [0.2, 0.25) is 0 Å². The molecule has 0 saturated carbocycles. The largest absolute Gasteiger partial charge is 0.373 e. The highest BCUT2D eigenvalue weighted by Crippen LogP contribution is 2.27. The van der Waals surface area contributed by atoms with E-state index in [-0.39, 0.29) is 29.6 Å². The molecule has 3 atom stereocenters. The van der Waals surface area contributed by atoms with Crippen LogP contribution in [0.4, 0.5) is 0 Å². The van der Waals surface area contributed by atoms with E-state index >= 15 is 0 Å². The van der Waals surface area contributed by atoms with Gasteiger partial charge in [0.15, 0.2) is 0 Å². The van der Waals surface area contributed by atoms with Crippen LogP contribution in [0.3, 0.4) is 0 Å². The molecule has 1 amide bonds. The zero-order valence-electron chi connectivity index (χ0n) is 15.5. The molecule has 2 saturated heterocycles. The minimum atomic E-state index is -0.0610. The SMILES string of the molecule is CC1CN(C(C(=O)NCC2(C)CCNCC2)C(C)C)CC(C)O1. The van der Waals surface area contributed by atoms with Gasteiger partial charge in [-0.3, -0.25) is 9.69 Å². The number of ether oxygens (including phenoxy) is 1. The average Bonchev–Trinajstić information content (AvgIpc) is 2.45. The molecule has 0 aromatic carbocycles. The molecule has 23 heavy (non-hydrogen) atoms. The van der Waals surface area contributed by atoms with E-state index in [1.54, 1.807) is 0 Å². The lowest BCUT2D eigenvalue weighted by Crippen LogP contribution is -2.58. The van der Waals surface area contributed by atoms with E-state index in [2.05, 4.69) is 50.2 Å². The van der Waals surface area contributed by atoms with E-state index in [0.29, 0.717) is 5.92 Å². The highest BCUT2D eigenvalue weighted by Gasteiger charge is 2.35. The summed E-state index contributed by atoms with van der Waals surface area (Å²) < 4.78 is 5.82. The van der Waals surface area contributed by atoms with Crippen molar-refractivity contribution in [2.75, 3.05) is 32.7 Å². The van der Waals surface area contributed by atoms with Crippen molar-refractivity contribution in [1.82, 2.24) is 15.5 Å². The number of carbonyl (C=O) groups is 1. The minimum Gasteiger partial charge on any atom is -0.373 e. The number of morpholine rings is 1. The van der Waals surface area contributed by atoms with Crippen LogP contribution >= 0.6 is 0 Å². The first-order valence-corrected chi connectivity index (χ1v) is 9.19. The smallest absolute Gasteiger partial charge is 0.237 e. The molecule has 134 valence electrons. The van der Waals surface area contributed by atoms with E-state index in [4.69, 9.17) is 4.74 Å². The molecule has 0 aromatic heterocycles. The Morgan fingerprint density at radius 1 is 1.26 bits per heavy atom. The van der Waals surface area contributed by atoms with Gasteiger partial charge < -0.3 is 15.4 Å². The summed E-state index contributed by atoms with van der Waals surface area (Å²) >= 11 is 0. The summed E-state index contributed by atoms with van der Waals surface area (Å²) in [5.74, 6) is 0.481. The molecule has 2 N–H and O–H groups in total. The van der Waals surface area contributed by atoms with Crippen molar-refractivity contribution < 1.29 is 9.53 Å². The van der Waals surface area contributed by atoms with Crippen LogP contribution in [-0.2, 0) is 9.53 Å². The third-order valence-corrected chi connectivity index (χ3v) is 5.24. The lowest BCUT2D eigenvalue weighted by atomic mass is 9.81. The van der Waals surface area contributed by atoms with E-state index in [9.17, 15) is 4.79 Å². The topological polar surface area (TPSA) is 53.6 Å². The van der Waals surface area contributed by atoms with Crippen LogP contribution < -0.4 is 10.6 Å². The zero-order valence-corrected chi connectivity index (χ0v) is 15.5. The van der Waals surface area contributed by atoms with Gasteiger partial charge in [0.2, 0.25) is 5.91 Å². The van der Waals surface area contributed by atoms with Crippen molar-refractivity contribution in [1.29, 1.82) is 0 Å². The number of amides is 1. The Morgan fingerprint density at radius 3 is 2.35 bits per heavy atom. The Morgan fingerprint density at radius 2 is 1.83 bits per heavy atom. The number of nitrogens with one attached hydrogen (secondary N) is 2. The first kappa shape index (κ1) is 18.7. The summed E-state index contributed by atoms with van der Waals surface area (Å²) in [6, 6.07) is -0.0610. The van der Waals surface area contributed by atoms with Crippen molar-refractivity contribution >= 4 is 5.91 Å². The van der Waals surface area contributed by atoms with Gasteiger partial charge >= 0.3 is 0 Å². The van der Waals surface area contributed by atoms with Gasteiger partial charge in [-0.2, -0.15) is 0 Å². The quantitative estimate of drug-likeness (QED) is 0.807. The minimum absolute atomic E-state index is 0.0610. The maximum Gasteiger partial charge on any atom is 0.237 e. The fraction of sp³-hybridized carbons (Fsp3) is 0.944. The second-order valence-corrected chi connectivity index (χ2v) is 8.18. The van der Waals surface area contributed by atoms with Crippen LogP contribution in [0, 0.1) is 11.3 Å². The second-order valence-electron chi connectivity index (χ2n) is 8.18. The fourth-order valence-corrected chi connectivity index (χ4v) is 3.95. The van der Waals surface area contributed by atoms with Gasteiger partial charge in [-0.25, -0.2) is 0 Å². The lowest BCUT2D eigenvalue weighted by molar-refractivity contribution is -0.136. The van der Waals surface area contributed by atoms with Crippen molar-refractivity contribution in [3.63, 3.8) is 0 Å². The predicted molar refractivity (Wildman–Crippen MR) is 93.4 cm³/mol. The van der Waals surface area contributed by atoms with Crippen LogP contribution in [0.5, 0.6) is 0 Å². The molecule has 2 rings (SSSR count). The van der Waals surface area contributed by atoms with E-state index in [0.717, 1.165) is 45.6 Å². The van der Waals surface area contributed by atoms with Gasteiger partial charge in [-0.15, -0.1) is 0 Å². The average molecular weight is 325 g/mol. The molecule has 5 nitrogen and oxygen atoms in total. The van der Waals surface area contributed by atoms with E-state index in [1.807, 2.05) is 0 Å². The molecule has 0 bridgehead atoms. The molecular weight excluding hydrogens is 290 g/mol. The third kappa shape index (κ3) is 5.16. The normalized spacial score (nSPS) is 30.2. The van der Waals surface area contributed by atoms with Gasteiger partial charge in [0, 0.05) is 19.6 Å². The molecule has 2 aliphatic heterocycles. The summed E-state index contributed by atoms with van der Waals surface area (Å²) in [5, 5.41) is 6.65. The first-order valence-electron chi connectivity index (χ1n) is 9.19. The summed E-state index contributed by atoms with van der Waals surface area (Å²) in [5.41, 5.74) is 0.230. The van der Waals surface area contributed by atoms with Crippen molar-refractivity contribution in [2.45, 2.75) is 65.7 Å².